The standard InChI is InChI=1S/C12H13BrClNO3/c1-7(2-5-11(16)17)15-12(18)9-4-3-8(13)6-10(9)14/h3-4,6-7H,2,5H2,1H3,(H,15,18)(H,16,17). The summed E-state index contributed by atoms with van der Waals surface area (Å²) in [5.41, 5.74) is 0.377. The molecule has 1 atom stereocenters. The lowest BCUT2D eigenvalue weighted by atomic mass is 10.1. The van der Waals surface area contributed by atoms with Crippen molar-refractivity contribution in [1.29, 1.82) is 0 Å². The van der Waals surface area contributed by atoms with E-state index >= 15 is 0 Å². The van der Waals surface area contributed by atoms with Gasteiger partial charge in [-0.1, -0.05) is 27.5 Å². The summed E-state index contributed by atoms with van der Waals surface area (Å²) in [5, 5.41) is 11.6. The van der Waals surface area contributed by atoms with Crippen LogP contribution in [0.25, 0.3) is 0 Å². The van der Waals surface area contributed by atoms with Crippen LogP contribution in [-0.4, -0.2) is 23.0 Å². The fraction of sp³-hybridized carbons (Fsp3) is 0.333. The predicted molar refractivity (Wildman–Crippen MR) is 73.0 cm³/mol. The average Bonchev–Trinajstić information content (AvgIpc) is 2.26. The smallest absolute Gasteiger partial charge is 0.303 e. The Morgan fingerprint density at radius 3 is 2.72 bits per heavy atom. The molecule has 1 unspecified atom stereocenters. The molecule has 18 heavy (non-hydrogen) atoms. The van der Waals surface area contributed by atoms with Crippen LogP contribution < -0.4 is 5.32 Å². The maximum absolute atomic E-state index is 11.9. The van der Waals surface area contributed by atoms with Crippen molar-refractivity contribution < 1.29 is 14.7 Å². The normalized spacial score (nSPS) is 11.9. The van der Waals surface area contributed by atoms with Gasteiger partial charge in [0.25, 0.3) is 5.91 Å². The summed E-state index contributed by atoms with van der Waals surface area (Å²) in [4.78, 5) is 22.3. The highest BCUT2D eigenvalue weighted by Gasteiger charge is 2.13. The van der Waals surface area contributed by atoms with E-state index in [0.29, 0.717) is 17.0 Å². The van der Waals surface area contributed by atoms with Gasteiger partial charge in [0.2, 0.25) is 0 Å². The van der Waals surface area contributed by atoms with Crippen LogP contribution in [-0.2, 0) is 4.79 Å². The monoisotopic (exact) mass is 333 g/mol. The summed E-state index contributed by atoms with van der Waals surface area (Å²) >= 11 is 9.21. The van der Waals surface area contributed by atoms with E-state index in [2.05, 4.69) is 21.2 Å². The van der Waals surface area contributed by atoms with Gasteiger partial charge in [-0.2, -0.15) is 0 Å². The van der Waals surface area contributed by atoms with E-state index in [4.69, 9.17) is 16.7 Å². The first kappa shape index (κ1) is 15.0. The number of carbonyl (C=O) groups is 2. The van der Waals surface area contributed by atoms with E-state index in [-0.39, 0.29) is 18.4 Å². The second kappa shape index (κ2) is 6.75. The molecule has 4 nitrogen and oxygen atoms in total. The SMILES string of the molecule is CC(CCC(=O)O)NC(=O)c1ccc(Br)cc1Cl. The molecule has 0 saturated carbocycles. The van der Waals surface area contributed by atoms with Crippen molar-refractivity contribution in [2.75, 3.05) is 0 Å². The van der Waals surface area contributed by atoms with Gasteiger partial charge >= 0.3 is 5.97 Å². The third kappa shape index (κ3) is 4.66. The van der Waals surface area contributed by atoms with Gasteiger partial charge in [-0.15, -0.1) is 0 Å². The van der Waals surface area contributed by atoms with Crippen molar-refractivity contribution >= 4 is 39.4 Å². The van der Waals surface area contributed by atoms with E-state index in [1.54, 1.807) is 25.1 Å². The Morgan fingerprint density at radius 2 is 2.17 bits per heavy atom. The first-order valence-corrected chi connectivity index (χ1v) is 6.55. The van der Waals surface area contributed by atoms with Crippen molar-refractivity contribution in [3.05, 3.63) is 33.3 Å². The molecule has 0 aliphatic carbocycles. The van der Waals surface area contributed by atoms with Crippen LogP contribution in [0.4, 0.5) is 0 Å². The molecule has 0 radical (unpaired) electrons. The maximum Gasteiger partial charge on any atom is 0.303 e. The topological polar surface area (TPSA) is 66.4 Å². The highest BCUT2D eigenvalue weighted by Crippen LogP contribution is 2.21. The van der Waals surface area contributed by atoms with E-state index in [1.807, 2.05) is 0 Å². The van der Waals surface area contributed by atoms with Crippen molar-refractivity contribution in [2.45, 2.75) is 25.8 Å². The Bertz CT molecular complexity index is 465. The quantitative estimate of drug-likeness (QED) is 0.869. The molecule has 0 aliphatic rings. The van der Waals surface area contributed by atoms with Crippen LogP contribution in [0.5, 0.6) is 0 Å². The number of carboxylic acid groups (broad SMARTS) is 1. The largest absolute Gasteiger partial charge is 0.481 e. The number of hydrogen-bond acceptors (Lipinski definition) is 2. The number of hydrogen-bond donors (Lipinski definition) is 2. The Kier molecular flexibility index (Phi) is 5.62. The molecule has 6 heteroatoms. The maximum atomic E-state index is 11.9. The third-order valence-corrected chi connectivity index (χ3v) is 3.15. The van der Waals surface area contributed by atoms with Gasteiger partial charge in [0.15, 0.2) is 0 Å². The number of benzene rings is 1. The molecule has 0 heterocycles. The lowest BCUT2D eigenvalue weighted by Gasteiger charge is -2.13. The average molecular weight is 335 g/mol. The molecule has 1 aromatic rings. The molecular formula is C12H13BrClNO3. The van der Waals surface area contributed by atoms with Gasteiger partial charge in [0.1, 0.15) is 0 Å². The number of aliphatic carboxylic acids is 1. The van der Waals surface area contributed by atoms with Gasteiger partial charge in [0.05, 0.1) is 10.6 Å². The van der Waals surface area contributed by atoms with Crippen LogP contribution in [0, 0.1) is 0 Å². The molecule has 98 valence electrons. The van der Waals surface area contributed by atoms with Crippen LogP contribution in [0.1, 0.15) is 30.1 Å². The Balaban J connectivity index is 2.62. The minimum atomic E-state index is -0.877. The summed E-state index contributed by atoms with van der Waals surface area (Å²) < 4.78 is 0.794. The Labute approximate surface area is 118 Å². The van der Waals surface area contributed by atoms with Crippen LogP contribution in [0.15, 0.2) is 22.7 Å². The zero-order valence-corrected chi connectivity index (χ0v) is 12.1. The molecule has 0 aromatic heterocycles. The number of rotatable bonds is 5. The van der Waals surface area contributed by atoms with Crippen LogP contribution in [0.2, 0.25) is 5.02 Å². The summed E-state index contributed by atoms with van der Waals surface area (Å²) in [6, 6.07) is 4.76. The fourth-order valence-corrected chi connectivity index (χ4v) is 2.15. The highest BCUT2D eigenvalue weighted by molar-refractivity contribution is 9.10. The van der Waals surface area contributed by atoms with Gasteiger partial charge in [-0.05, 0) is 31.5 Å². The van der Waals surface area contributed by atoms with Gasteiger partial charge < -0.3 is 10.4 Å². The predicted octanol–water partition coefficient (Wildman–Crippen LogP) is 3.09. The second-order valence-electron chi connectivity index (χ2n) is 3.93. The number of amides is 1. The number of halogens is 2. The molecule has 0 spiro atoms. The molecule has 0 fully saturated rings. The van der Waals surface area contributed by atoms with Crippen molar-refractivity contribution in [1.82, 2.24) is 5.32 Å². The number of carbonyl (C=O) groups excluding carboxylic acids is 1. The van der Waals surface area contributed by atoms with Crippen molar-refractivity contribution in [2.24, 2.45) is 0 Å². The molecule has 0 aliphatic heterocycles. The minimum Gasteiger partial charge on any atom is -0.481 e. The highest BCUT2D eigenvalue weighted by atomic mass is 79.9. The van der Waals surface area contributed by atoms with Crippen molar-refractivity contribution in [3.63, 3.8) is 0 Å². The number of nitrogens with one attached hydrogen (secondary N) is 1. The van der Waals surface area contributed by atoms with E-state index < -0.39 is 5.97 Å². The lowest BCUT2D eigenvalue weighted by molar-refractivity contribution is -0.137. The molecule has 0 saturated heterocycles. The molecule has 2 N–H and O–H groups in total. The van der Waals surface area contributed by atoms with E-state index in [1.165, 1.54) is 0 Å². The summed E-state index contributed by atoms with van der Waals surface area (Å²) in [6.45, 7) is 1.76. The van der Waals surface area contributed by atoms with E-state index in [9.17, 15) is 9.59 Å². The van der Waals surface area contributed by atoms with Crippen molar-refractivity contribution in [3.8, 4) is 0 Å². The molecular weight excluding hydrogens is 321 g/mol. The minimum absolute atomic E-state index is 0.0233. The van der Waals surface area contributed by atoms with Gasteiger partial charge in [0, 0.05) is 16.9 Å². The fourth-order valence-electron chi connectivity index (χ4n) is 1.39. The molecule has 1 aromatic carbocycles. The van der Waals surface area contributed by atoms with Crippen LogP contribution in [0.3, 0.4) is 0 Å². The Morgan fingerprint density at radius 1 is 1.50 bits per heavy atom. The number of carboxylic acids is 1. The molecule has 1 rings (SSSR count). The van der Waals surface area contributed by atoms with Crippen LogP contribution >= 0.6 is 27.5 Å². The second-order valence-corrected chi connectivity index (χ2v) is 5.25. The summed E-state index contributed by atoms with van der Waals surface area (Å²) in [6.07, 6.45) is 0.407. The lowest BCUT2D eigenvalue weighted by Crippen LogP contribution is -2.33. The van der Waals surface area contributed by atoms with E-state index in [0.717, 1.165) is 4.47 Å². The zero-order valence-electron chi connectivity index (χ0n) is 9.74. The first-order chi connectivity index (χ1) is 8.40. The third-order valence-electron chi connectivity index (χ3n) is 2.34. The zero-order chi connectivity index (χ0) is 13.7. The Hall–Kier alpha value is -1.07. The molecule has 0 bridgehead atoms. The van der Waals surface area contributed by atoms with Gasteiger partial charge in [-0.3, -0.25) is 9.59 Å². The summed E-state index contributed by atoms with van der Waals surface area (Å²) in [7, 11) is 0. The summed E-state index contributed by atoms with van der Waals surface area (Å²) in [5.74, 6) is -1.18. The van der Waals surface area contributed by atoms with Gasteiger partial charge in [-0.25, -0.2) is 0 Å². The first-order valence-electron chi connectivity index (χ1n) is 5.38. The molecule has 1 amide bonds.